The second kappa shape index (κ2) is 3.11. The van der Waals surface area contributed by atoms with Crippen molar-refractivity contribution >= 4 is 37.5 Å². The zero-order chi connectivity index (χ0) is 8.55. The molecule has 62 valence electrons. The Labute approximate surface area is 81.4 Å². The van der Waals surface area contributed by atoms with Crippen molar-refractivity contribution in [1.82, 2.24) is 4.98 Å². The number of thiazole rings is 1. The van der Waals surface area contributed by atoms with E-state index in [0.29, 0.717) is 5.01 Å². The number of alkyl halides is 2. The monoisotopic (exact) mass is 245 g/mol. The van der Waals surface area contributed by atoms with E-state index in [1.54, 1.807) is 0 Å². The van der Waals surface area contributed by atoms with Crippen LogP contribution in [0.3, 0.4) is 0 Å². The van der Waals surface area contributed by atoms with Crippen molar-refractivity contribution in [3.63, 3.8) is 0 Å². The first-order valence-electron chi connectivity index (χ1n) is 3.41. The second-order valence-electron chi connectivity index (χ2n) is 2.32. The summed E-state index contributed by atoms with van der Waals surface area (Å²) in [4.78, 5) is 4.11. The van der Waals surface area contributed by atoms with Gasteiger partial charge in [0.15, 0.2) is 0 Å². The van der Waals surface area contributed by atoms with E-state index in [1.807, 2.05) is 24.3 Å². The molecule has 1 unspecified atom stereocenters. The molecule has 1 atom stereocenters. The Hall–Kier alpha value is -0.480. The summed E-state index contributed by atoms with van der Waals surface area (Å²) in [6, 6.07) is 7.63. The molecule has 2 aromatic rings. The van der Waals surface area contributed by atoms with Crippen LogP contribution in [0.2, 0.25) is 0 Å². The lowest BCUT2D eigenvalue weighted by Crippen LogP contribution is -1.76. The van der Waals surface area contributed by atoms with Crippen LogP contribution in [0.5, 0.6) is 0 Å². The fraction of sp³-hybridized carbons (Fsp3) is 0.125. The van der Waals surface area contributed by atoms with Crippen LogP contribution >= 0.6 is 27.3 Å². The minimum absolute atomic E-state index is 0.483. The van der Waals surface area contributed by atoms with Crippen molar-refractivity contribution in [2.45, 2.75) is 5.08 Å². The maximum atomic E-state index is 12.7. The molecule has 0 fully saturated rings. The number of fused-ring (bicyclic) bond motifs is 1. The van der Waals surface area contributed by atoms with Crippen LogP contribution in [0.15, 0.2) is 24.3 Å². The van der Waals surface area contributed by atoms with E-state index in [9.17, 15) is 4.39 Å². The Morgan fingerprint density at radius 3 is 2.83 bits per heavy atom. The van der Waals surface area contributed by atoms with Crippen LogP contribution in [-0.2, 0) is 0 Å². The summed E-state index contributed by atoms with van der Waals surface area (Å²) < 4.78 is 13.8. The zero-order valence-corrected chi connectivity index (χ0v) is 8.40. The van der Waals surface area contributed by atoms with Gasteiger partial charge in [-0.2, -0.15) is 0 Å². The standard InChI is InChI=1S/C8H5BrFNS/c9-7(10)8-11-5-3-1-2-4-6(5)12-8/h1-4,7H. The number of hydrogen-bond donors (Lipinski definition) is 0. The van der Waals surface area contributed by atoms with Gasteiger partial charge in [-0.3, -0.25) is 0 Å². The molecule has 2 rings (SSSR count). The minimum atomic E-state index is -1.14. The Balaban J connectivity index is 2.62. The van der Waals surface area contributed by atoms with Crippen LogP contribution < -0.4 is 0 Å². The zero-order valence-electron chi connectivity index (χ0n) is 6.00. The number of benzene rings is 1. The summed E-state index contributed by atoms with van der Waals surface area (Å²) in [6.45, 7) is 0. The van der Waals surface area contributed by atoms with Crippen LogP contribution in [0.4, 0.5) is 4.39 Å². The van der Waals surface area contributed by atoms with E-state index in [0.717, 1.165) is 10.2 Å². The molecule has 0 N–H and O–H groups in total. The summed E-state index contributed by atoms with van der Waals surface area (Å²) in [7, 11) is 0. The predicted octanol–water partition coefficient (Wildman–Crippen LogP) is 3.66. The van der Waals surface area contributed by atoms with Crippen molar-refractivity contribution in [2.75, 3.05) is 0 Å². The number of hydrogen-bond acceptors (Lipinski definition) is 2. The van der Waals surface area contributed by atoms with Crippen LogP contribution in [0.25, 0.3) is 10.2 Å². The Kier molecular flexibility index (Phi) is 2.11. The molecule has 1 nitrogen and oxygen atoms in total. The van der Waals surface area contributed by atoms with Gasteiger partial charge in [0.25, 0.3) is 0 Å². The molecule has 4 heteroatoms. The van der Waals surface area contributed by atoms with Crippen molar-refractivity contribution < 1.29 is 4.39 Å². The maximum absolute atomic E-state index is 12.7. The smallest absolute Gasteiger partial charge is 0.206 e. The highest BCUT2D eigenvalue weighted by molar-refractivity contribution is 9.09. The predicted molar refractivity (Wildman–Crippen MR) is 52.4 cm³/mol. The summed E-state index contributed by atoms with van der Waals surface area (Å²) in [5.74, 6) is 0. The highest BCUT2D eigenvalue weighted by atomic mass is 79.9. The van der Waals surface area contributed by atoms with E-state index >= 15 is 0 Å². The molecule has 0 saturated heterocycles. The molecule has 1 aromatic heterocycles. The van der Waals surface area contributed by atoms with Gasteiger partial charge in [-0.05, 0) is 28.1 Å². The van der Waals surface area contributed by atoms with Crippen LogP contribution in [0, 0.1) is 0 Å². The summed E-state index contributed by atoms with van der Waals surface area (Å²) >= 11 is 4.21. The van der Waals surface area contributed by atoms with Crippen molar-refractivity contribution in [3.05, 3.63) is 29.3 Å². The third-order valence-corrected chi connectivity index (χ3v) is 3.31. The highest BCUT2D eigenvalue weighted by Crippen LogP contribution is 2.31. The molecular weight excluding hydrogens is 241 g/mol. The molecule has 12 heavy (non-hydrogen) atoms. The topological polar surface area (TPSA) is 12.9 Å². The number of rotatable bonds is 1. The normalized spacial score (nSPS) is 13.5. The quantitative estimate of drug-likeness (QED) is 0.699. The van der Waals surface area contributed by atoms with E-state index in [4.69, 9.17) is 0 Å². The summed E-state index contributed by atoms with van der Waals surface area (Å²) in [5, 5.41) is -0.661. The SMILES string of the molecule is FC(Br)c1nc2ccccc2s1. The Bertz CT molecular complexity index is 366. The van der Waals surface area contributed by atoms with Crippen LogP contribution in [-0.4, -0.2) is 4.98 Å². The van der Waals surface area contributed by atoms with Crippen molar-refractivity contribution in [2.24, 2.45) is 0 Å². The third kappa shape index (κ3) is 1.36. The molecule has 0 amide bonds. The molecule has 1 aromatic carbocycles. The van der Waals surface area contributed by atoms with E-state index in [-0.39, 0.29) is 0 Å². The average molecular weight is 246 g/mol. The Morgan fingerprint density at radius 2 is 2.17 bits per heavy atom. The van der Waals surface area contributed by atoms with Crippen molar-refractivity contribution in [3.8, 4) is 0 Å². The first-order valence-corrected chi connectivity index (χ1v) is 5.14. The number of halogens is 2. The molecule has 0 radical (unpaired) electrons. The molecule has 0 bridgehead atoms. The summed E-state index contributed by atoms with van der Waals surface area (Å²) in [5.41, 5.74) is 0.861. The van der Waals surface area contributed by atoms with Gasteiger partial charge in [-0.25, -0.2) is 9.37 Å². The minimum Gasteiger partial charge on any atom is -0.237 e. The largest absolute Gasteiger partial charge is 0.237 e. The van der Waals surface area contributed by atoms with E-state index < -0.39 is 5.08 Å². The van der Waals surface area contributed by atoms with Gasteiger partial charge in [0.1, 0.15) is 5.01 Å². The van der Waals surface area contributed by atoms with Gasteiger partial charge >= 0.3 is 0 Å². The fourth-order valence-electron chi connectivity index (χ4n) is 0.983. The van der Waals surface area contributed by atoms with Gasteiger partial charge in [-0.1, -0.05) is 12.1 Å². The first-order chi connectivity index (χ1) is 5.77. The van der Waals surface area contributed by atoms with Gasteiger partial charge in [-0.15, -0.1) is 11.3 Å². The van der Waals surface area contributed by atoms with Gasteiger partial charge < -0.3 is 0 Å². The number of para-hydroxylation sites is 1. The lowest BCUT2D eigenvalue weighted by Gasteiger charge is -1.88. The first kappa shape index (κ1) is 8.13. The van der Waals surface area contributed by atoms with Crippen molar-refractivity contribution in [1.29, 1.82) is 0 Å². The maximum Gasteiger partial charge on any atom is 0.206 e. The van der Waals surface area contributed by atoms with E-state index in [2.05, 4.69) is 20.9 Å². The molecule has 0 aliphatic carbocycles. The lowest BCUT2D eigenvalue weighted by molar-refractivity contribution is 0.478. The molecule has 0 aliphatic rings. The summed E-state index contributed by atoms with van der Waals surface area (Å²) in [6.07, 6.45) is 0. The highest BCUT2D eigenvalue weighted by Gasteiger charge is 2.10. The molecule has 0 saturated carbocycles. The second-order valence-corrected chi connectivity index (χ2v) is 4.19. The van der Waals surface area contributed by atoms with E-state index in [1.165, 1.54) is 11.3 Å². The van der Waals surface area contributed by atoms with Crippen LogP contribution in [0.1, 0.15) is 10.1 Å². The van der Waals surface area contributed by atoms with Gasteiger partial charge in [0.2, 0.25) is 5.08 Å². The number of aromatic nitrogens is 1. The fourth-order valence-corrected chi connectivity index (χ4v) is 2.19. The molecular formula is C8H5BrFNS. The number of nitrogens with zero attached hydrogens (tertiary/aromatic N) is 1. The van der Waals surface area contributed by atoms with Gasteiger partial charge in [0.05, 0.1) is 10.2 Å². The molecule has 1 heterocycles. The van der Waals surface area contributed by atoms with Gasteiger partial charge in [0, 0.05) is 0 Å². The molecule has 0 aliphatic heterocycles. The third-order valence-electron chi connectivity index (χ3n) is 1.50. The average Bonchev–Trinajstić information content (AvgIpc) is 2.46. The Morgan fingerprint density at radius 1 is 1.42 bits per heavy atom. The molecule has 0 spiro atoms. The lowest BCUT2D eigenvalue weighted by atomic mass is 10.3.